The highest BCUT2D eigenvalue weighted by molar-refractivity contribution is 6.30. The number of hydrogen-bond donors (Lipinski definition) is 2. The van der Waals surface area contributed by atoms with Gasteiger partial charge in [-0.3, -0.25) is 9.36 Å². The first kappa shape index (κ1) is 23.8. The molecule has 0 saturated heterocycles. The van der Waals surface area contributed by atoms with Crippen molar-refractivity contribution >= 4 is 45.7 Å². The fraction of sp³-hybridized carbons (Fsp3) is 0.296. The fourth-order valence-electron chi connectivity index (χ4n) is 4.42. The number of rotatable bonds is 6. The Labute approximate surface area is 205 Å². The Hall–Kier alpha value is -3.38. The summed E-state index contributed by atoms with van der Waals surface area (Å²) >= 11 is 6.14. The molecule has 176 valence electrons. The maximum atomic E-state index is 13.4. The molecule has 0 spiro atoms. The van der Waals surface area contributed by atoms with Gasteiger partial charge in [0.2, 0.25) is 5.95 Å². The second kappa shape index (κ2) is 9.11. The summed E-state index contributed by atoms with van der Waals surface area (Å²) in [6, 6.07) is 16.9. The Bertz CT molecular complexity index is 1300. The predicted octanol–water partition coefficient (Wildman–Crippen LogP) is 7.14. The summed E-state index contributed by atoms with van der Waals surface area (Å²) in [4.78, 5) is 22.6. The zero-order valence-electron chi connectivity index (χ0n) is 20.2. The van der Waals surface area contributed by atoms with Crippen molar-refractivity contribution in [2.24, 2.45) is 5.41 Å². The molecule has 0 aliphatic heterocycles. The molecule has 2 aromatic carbocycles. The average molecular weight is 476 g/mol. The highest BCUT2D eigenvalue weighted by atomic mass is 35.5. The lowest BCUT2D eigenvalue weighted by molar-refractivity contribution is 0.0955. The zero-order valence-corrected chi connectivity index (χ0v) is 20.9. The van der Waals surface area contributed by atoms with Crippen LogP contribution >= 0.6 is 11.6 Å². The van der Waals surface area contributed by atoms with Gasteiger partial charge < -0.3 is 10.6 Å². The van der Waals surface area contributed by atoms with E-state index < -0.39 is 0 Å². The van der Waals surface area contributed by atoms with E-state index in [1.165, 1.54) is 0 Å². The van der Waals surface area contributed by atoms with E-state index in [1.807, 2.05) is 48.8 Å². The van der Waals surface area contributed by atoms with Gasteiger partial charge in [0.05, 0.1) is 0 Å². The quantitative estimate of drug-likeness (QED) is 0.310. The van der Waals surface area contributed by atoms with Crippen molar-refractivity contribution in [3.8, 4) is 0 Å². The number of carbonyl (C=O) groups is 1. The lowest BCUT2D eigenvalue weighted by Crippen LogP contribution is -2.36. The smallest absolute Gasteiger partial charge is 0.280 e. The Morgan fingerprint density at radius 3 is 2.24 bits per heavy atom. The topological polar surface area (TPSA) is 71.8 Å². The lowest BCUT2D eigenvalue weighted by Gasteiger charge is -2.33. The summed E-state index contributed by atoms with van der Waals surface area (Å²) in [6.07, 6.45) is 4.55. The molecule has 2 N–H and O–H groups in total. The summed E-state index contributed by atoms with van der Waals surface area (Å²) in [5.41, 5.74) is 0.898. The van der Waals surface area contributed by atoms with Crippen molar-refractivity contribution in [1.29, 1.82) is 0 Å². The van der Waals surface area contributed by atoms with Crippen LogP contribution < -0.4 is 10.6 Å². The third-order valence-electron chi connectivity index (χ3n) is 5.25. The summed E-state index contributed by atoms with van der Waals surface area (Å²) in [7, 11) is 0. The summed E-state index contributed by atoms with van der Waals surface area (Å²) < 4.78 is 1.57. The van der Waals surface area contributed by atoms with Crippen molar-refractivity contribution in [3.63, 3.8) is 0 Å². The minimum Gasteiger partial charge on any atom is -0.365 e. The van der Waals surface area contributed by atoms with Gasteiger partial charge >= 0.3 is 0 Å². The van der Waals surface area contributed by atoms with Crippen molar-refractivity contribution in [1.82, 2.24) is 14.5 Å². The van der Waals surface area contributed by atoms with Gasteiger partial charge in [0.1, 0.15) is 11.5 Å². The van der Waals surface area contributed by atoms with Gasteiger partial charge in [0, 0.05) is 34.7 Å². The van der Waals surface area contributed by atoms with Crippen molar-refractivity contribution in [3.05, 3.63) is 77.7 Å². The van der Waals surface area contributed by atoms with E-state index in [4.69, 9.17) is 11.6 Å². The van der Waals surface area contributed by atoms with Crippen LogP contribution in [0.2, 0.25) is 5.02 Å². The molecule has 0 aliphatic carbocycles. The minimum absolute atomic E-state index is 0.120. The molecule has 7 heteroatoms. The number of fused-ring (bicyclic) bond motifs is 1. The van der Waals surface area contributed by atoms with Gasteiger partial charge in [0.15, 0.2) is 0 Å². The van der Waals surface area contributed by atoms with Crippen LogP contribution in [0.15, 0.2) is 67.0 Å². The number of hydrogen-bond acceptors (Lipinski definition) is 5. The monoisotopic (exact) mass is 475 g/mol. The lowest BCUT2D eigenvalue weighted by atomic mass is 9.82. The van der Waals surface area contributed by atoms with Gasteiger partial charge in [-0.05, 0) is 54.7 Å². The largest absolute Gasteiger partial charge is 0.365 e. The molecule has 0 aliphatic rings. The van der Waals surface area contributed by atoms with Crippen LogP contribution in [-0.2, 0) is 0 Å². The SMILES string of the molecule is CC(C)(C)CC(C)(C)Nc1cc(C(=O)n2cc3ccccc3c2)nc(Nc2cccc(Cl)c2)n1. The first-order valence-corrected chi connectivity index (χ1v) is 11.7. The summed E-state index contributed by atoms with van der Waals surface area (Å²) in [5, 5.41) is 9.27. The number of aromatic nitrogens is 3. The number of anilines is 3. The molecule has 4 rings (SSSR count). The number of nitrogens with zero attached hydrogens (tertiary/aromatic N) is 3. The van der Waals surface area contributed by atoms with Crippen molar-refractivity contribution < 1.29 is 4.79 Å². The number of benzene rings is 2. The van der Waals surface area contributed by atoms with Crippen LogP contribution in [0, 0.1) is 5.41 Å². The van der Waals surface area contributed by atoms with E-state index in [-0.39, 0.29) is 22.6 Å². The second-order valence-corrected chi connectivity index (χ2v) is 10.9. The molecule has 0 amide bonds. The highest BCUT2D eigenvalue weighted by Gasteiger charge is 2.26. The van der Waals surface area contributed by atoms with Crippen LogP contribution in [0.1, 0.15) is 51.5 Å². The molecule has 34 heavy (non-hydrogen) atoms. The van der Waals surface area contributed by atoms with Crippen molar-refractivity contribution in [2.75, 3.05) is 10.6 Å². The molecule has 0 atom stereocenters. The van der Waals surface area contributed by atoms with Crippen LogP contribution in [0.5, 0.6) is 0 Å². The molecule has 0 unspecified atom stereocenters. The minimum atomic E-state index is -0.248. The first-order valence-electron chi connectivity index (χ1n) is 11.3. The molecule has 0 fully saturated rings. The molecular formula is C27H30ClN5O. The maximum absolute atomic E-state index is 13.4. The fourth-order valence-corrected chi connectivity index (χ4v) is 4.61. The molecule has 2 aromatic heterocycles. The summed E-state index contributed by atoms with van der Waals surface area (Å²) in [6.45, 7) is 10.9. The number of carbonyl (C=O) groups excluding carboxylic acids is 1. The van der Waals surface area contributed by atoms with Crippen LogP contribution in [0.4, 0.5) is 17.5 Å². The van der Waals surface area contributed by atoms with E-state index in [0.717, 1.165) is 22.9 Å². The van der Waals surface area contributed by atoms with E-state index in [2.05, 4.69) is 55.2 Å². The highest BCUT2D eigenvalue weighted by Crippen LogP contribution is 2.30. The molecule has 6 nitrogen and oxygen atoms in total. The standard InChI is InChI=1S/C27H30ClN5O/c1-26(2,3)17-27(4,5)32-23-14-22(24(34)33-15-18-9-6-7-10-19(18)16-33)30-25(31-23)29-21-12-8-11-20(28)13-21/h6-16H,17H2,1-5H3,(H2,29,30,31,32). The molecule has 0 bridgehead atoms. The third kappa shape index (κ3) is 5.94. The Morgan fingerprint density at radius 2 is 1.62 bits per heavy atom. The Kier molecular flexibility index (Phi) is 6.36. The first-order chi connectivity index (χ1) is 16.0. The summed E-state index contributed by atoms with van der Waals surface area (Å²) in [5.74, 6) is 0.664. The molecular weight excluding hydrogens is 446 g/mol. The Morgan fingerprint density at radius 1 is 0.941 bits per heavy atom. The third-order valence-corrected chi connectivity index (χ3v) is 5.49. The van der Waals surface area contributed by atoms with Crippen molar-refractivity contribution in [2.45, 2.75) is 46.6 Å². The van der Waals surface area contributed by atoms with Gasteiger partial charge in [-0.15, -0.1) is 0 Å². The molecule has 0 radical (unpaired) electrons. The van der Waals surface area contributed by atoms with Crippen LogP contribution in [0.25, 0.3) is 10.8 Å². The van der Waals surface area contributed by atoms with Gasteiger partial charge in [-0.25, -0.2) is 4.98 Å². The second-order valence-electron chi connectivity index (χ2n) is 10.4. The van der Waals surface area contributed by atoms with Crippen LogP contribution in [-0.4, -0.2) is 26.0 Å². The van der Waals surface area contributed by atoms with Gasteiger partial charge in [-0.1, -0.05) is 62.7 Å². The zero-order chi connectivity index (χ0) is 24.5. The predicted molar refractivity (Wildman–Crippen MR) is 140 cm³/mol. The van der Waals surface area contributed by atoms with Crippen LogP contribution in [0.3, 0.4) is 0 Å². The van der Waals surface area contributed by atoms with E-state index in [0.29, 0.717) is 16.8 Å². The number of nitrogens with one attached hydrogen (secondary N) is 2. The van der Waals surface area contributed by atoms with E-state index in [9.17, 15) is 4.79 Å². The average Bonchev–Trinajstić information content (AvgIpc) is 3.15. The van der Waals surface area contributed by atoms with E-state index >= 15 is 0 Å². The normalized spacial score (nSPS) is 12.1. The van der Waals surface area contributed by atoms with Gasteiger partial charge in [-0.2, -0.15) is 4.98 Å². The number of halogens is 1. The van der Waals surface area contributed by atoms with E-state index in [1.54, 1.807) is 22.8 Å². The Balaban J connectivity index is 1.72. The van der Waals surface area contributed by atoms with Gasteiger partial charge in [0.25, 0.3) is 5.91 Å². The maximum Gasteiger partial charge on any atom is 0.280 e. The molecule has 4 aromatic rings. The molecule has 2 heterocycles. The molecule has 0 saturated carbocycles.